The number of halogens is 1. The molecule has 0 aliphatic carbocycles. The van der Waals surface area contributed by atoms with E-state index in [0.717, 1.165) is 17.9 Å². The van der Waals surface area contributed by atoms with Crippen LogP contribution in [0.4, 0.5) is 5.69 Å². The van der Waals surface area contributed by atoms with Crippen LogP contribution in [0.2, 0.25) is 5.02 Å². The van der Waals surface area contributed by atoms with Crippen molar-refractivity contribution in [2.24, 2.45) is 0 Å². The van der Waals surface area contributed by atoms with E-state index < -0.39 is 5.25 Å². The van der Waals surface area contributed by atoms with Crippen LogP contribution in [0.25, 0.3) is 0 Å². The van der Waals surface area contributed by atoms with Gasteiger partial charge in [-0.2, -0.15) is 0 Å². The molecule has 1 unspecified atom stereocenters. The summed E-state index contributed by atoms with van der Waals surface area (Å²) in [5.41, 5.74) is 0.711. The molecule has 1 aliphatic rings. The molecule has 0 bridgehead atoms. The van der Waals surface area contributed by atoms with E-state index in [2.05, 4.69) is 16.0 Å². The topological polar surface area (TPSA) is 70.2 Å². The lowest BCUT2D eigenvalue weighted by Crippen LogP contribution is -2.35. The maximum atomic E-state index is 12.0. The van der Waals surface area contributed by atoms with Gasteiger partial charge in [0.25, 0.3) is 0 Å². The molecule has 114 valence electrons. The summed E-state index contributed by atoms with van der Waals surface area (Å²) in [7, 11) is 1.87. The number of thioether (sulfide) groups is 1. The summed E-state index contributed by atoms with van der Waals surface area (Å²) >= 11 is 7.30. The second kappa shape index (κ2) is 7.68. The minimum absolute atomic E-state index is 0.101. The fraction of sp³-hybridized carbons (Fsp3) is 0.429. The van der Waals surface area contributed by atoms with Crippen LogP contribution in [0.1, 0.15) is 12.8 Å². The van der Waals surface area contributed by atoms with E-state index in [1.54, 1.807) is 12.1 Å². The van der Waals surface area contributed by atoms with E-state index in [4.69, 9.17) is 11.6 Å². The third-order valence-corrected chi connectivity index (χ3v) is 4.57. The number of hydrogen-bond acceptors (Lipinski definition) is 4. The van der Waals surface area contributed by atoms with Crippen molar-refractivity contribution in [3.8, 4) is 0 Å². The first-order chi connectivity index (χ1) is 10.1. The zero-order valence-corrected chi connectivity index (χ0v) is 13.3. The zero-order chi connectivity index (χ0) is 15.2. The standard InChI is InChI=1S/C14H18ClN3O2S/c1-16-5-2-6-17-13(19)8-12-14(20)18-10-7-9(15)3-4-11(10)21-12/h3-4,7,12,16H,2,5-6,8H2,1H3,(H,17,19)(H,18,20). The van der Waals surface area contributed by atoms with E-state index in [9.17, 15) is 9.59 Å². The maximum absolute atomic E-state index is 12.0. The Bertz CT molecular complexity index is 539. The van der Waals surface area contributed by atoms with Crippen LogP contribution in [0.15, 0.2) is 23.1 Å². The van der Waals surface area contributed by atoms with E-state index >= 15 is 0 Å². The number of fused-ring (bicyclic) bond motifs is 1. The van der Waals surface area contributed by atoms with Crippen LogP contribution in [0.3, 0.4) is 0 Å². The first-order valence-corrected chi connectivity index (χ1v) is 8.04. The Kier molecular flexibility index (Phi) is 5.90. The Morgan fingerprint density at radius 1 is 1.43 bits per heavy atom. The fourth-order valence-electron chi connectivity index (χ4n) is 1.99. The molecule has 0 saturated carbocycles. The highest BCUT2D eigenvalue weighted by molar-refractivity contribution is 8.01. The second-order valence-electron chi connectivity index (χ2n) is 4.75. The van der Waals surface area contributed by atoms with Gasteiger partial charge in [0.1, 0.15) is 0 Å². The number of anilines is 1. The van der Waals surface area contributed by atoms with Gasteiger partial charge in [0.05, 0.1) is 10.9 Å². The predicted molar refractivity (Wildman–Crippen MR) is 85.9 cm³/mol. The summed E-state index contributed by atoms with van der Waals surface area (Å²) in [5.74, 6) is -0.253. The van der Waals surface area contributed by atoms with E-state index in [1.165, 1.54) is 11.8 Å². The molecule has 0 radical (unpaired) electrons. The monoisotopic (exact) mass is 327 g/mol. The van der Waals surface area contributed by atoms with Crippen LogP contribution in [0.5, 0.6) is 0 Å². The van der Waals surface area contributed by atoms with Crippen molar-refractivity contribution in [2.45, 2.75) is 23.0 Å². The molecule has 3 N–H and O–H groups in total. The van der Waals surface area contributed by atoms with Crippen molar-refractivity contribution in [2.75, 3.05) is 25.5 Å². The van der Waals surface area contributed by atoms with Crippen molar-refractivity contribution >= 4 is 40.9 Å². The van der Waals surface area contributed by atoms with Gasteiger partial charge in [-0.1, -0.05) is 11.6 Å². The van der Waals surface area contributed by atoms with Crippen LogP contribution < -0.4 is 16.0 Å². The number of hydrogen-bond donors (Lipinski definition) is 3. The summed E-state index contributed by atoms with van der Waals surface area (Å²) in [4.78, 5) is 24.8. The Balaban J connectivity index is 1.88. The number of carbonyl (C=O) groups excluding carboxylic acids is 2. The van der Waals surface area contributed by atoms with Gasteiger partial charge in [-0.25, -0.2) is 0 Å². The van der Waals surface area contributed by atoms with Crippen LogP contribution in [-0.2, 0) is 9.59 Å². The minimum Gasteiger partial charge on any atom is -0.356 e. The number of benzene rings is 1. The van der Waals surface area contributed by atoms with Gasteiger partial charge in [-0.3, -0.25) is 9.59 Å². The minimum atomic E-state index is -0.400. The molecule has 1 heterocycles. The van der Waals surface area contributed by atoms with E-state index in [1.807, 2.05) is 13.1 Å². The smallest absolute Gasteiger partial charge is 0.238 e. The molecule has 1 atom stereocenters. The van der Waals surface area contributed by atoms with Gasteiger partial charge in [-0.05, 0) is 38.2 Å². The molecule has 2 rings (SSSR count). The molecule has 1 aliphatic heterocycles. The quantitative estimate of drug-likeness (QED) is 0.698. The number of rotatable bonds is 6. The molecular weight excluding hydrogens is 310 g/mol. The molecule has 1 aromatic carbocycles. The lowest BCUT2D eigenvalue weighted by molar-refractivity contribution is -0.124. The van der Waals surface area contributed by atoms with Crippen molar-refractivity contribution in [3.63, 3.8) is 0 Å². The first-order valence-electron chi connectivity index (χ1n) is 6.78. The highest BCUT2D eigenvalue weighted by Gasteiger charge is 2.28. The van der Waals surface area contributed by atoms with Gasteiger partial charge < -0.3 is 16.0 Å². The maximum Gasteiger partial charge on any atom is 0.238 e. The van der Waals surface area contributed by atoms with Crippen LogP contribution in [0, 0.1) is 0 Å². The predicted octanol–water partition coefficient (Wildman–Crippen LogP) is 1.87. The molecule has 7 heteroatoms. The molecule has 0 fully saturated rings. The second-order valence-corrected chi connectivity index (χ2v) is 6.43. The van der Waals surface area contributed by atoms with Crippen LogP contribution >= 0.6 is 23.4 Å². The summed E-state index contributed by atoms with van der Waals surface area (Å²) in [6.07, 6.45) is 1.05. The Morgan fingerprint density at radius 3 is 3.00 bits per heavy atom. The van der Waals surface area contributed by atoms with E-state index in [-0.39, 0.29) is 18.2 Å². The lowest BCUT2D eigenvalue weighted by Gasteiger charge is -2.23. The Morgan fingerprint density at radius 2 is 2.24 bits per heavy atom. The molecule has 0 aromatic heterocycles. The van der Waals surface area contributed by atoms with Crippen LogP contribution in [-0.4, -0.2) is 37.2 Å². The van der Waals surface area contributed by atoms with Gasteiger partial charge in [0, 0.05) is 22.9 Å². The highest BCUT2D eigenvalue weighted by Crippen LogP contribution is 2.38. The summed E-state index contributed by atoms with van der Waals surface area (Å²) in [5, 5.41) is 8.82. The molecule has 1 aromatic rings. The van der Waals surface area contributed by atoms with E-state index in [0.29, 0.717) is 17.3 Å². The van der Waals surface area contributed by atoms with Gasteiger partial charge in [-0.15, -0.1) is 11.8 Å². The van der Waals surface area contributed by atoms with Gasteiger partial charge in [0.2, 0.25) is 11.8 Å². The van der Waals surface area contributed by atoms with Crippen molar-refractivity contribution < 1.29 is 9.59 Å². The van der Waals surface area contributed by atoms with Crippen molar-refractivity contribution in [1.29, 1.82) is 0 Å². The SMILES string of the molecule is CNCCCNC(=O)CC1Sc2ccc(Cl)cc2NC1=O. The third-order valence-electron chi connectivity index (χ3n) is 3.06. The average molecular weight is 328 g/mol. The molecule has 0 spiro atoms. The van der Waals surface area contributed by atoms with Crippen molar-refractivity contribution in [1.82, 2.24) is 10.6 Å². The fourth-order valence-corrected chi connectivity index (χ4v) is 3.25. The lowest BCUT2D eigenvalue weighted by atomic mass is 10.2. The summed E-state index contributed by atoms with van der Waals surface area (Å²) in [6.45, 7) is 1.47. The Labute approximate surface area is 133 Å². The zero-order valence-electron chi connectivity index (χ0n) is 11.7. The molecule has 21 heavy (non-hydrogen) atoms. The molecule has 0 saturated heterocycles. The number of nitrogens with one attached hydrogen (secondary N) is 3. The number of amides is 2. The van der Waals surface area contributed by atoms with Gasteiger partial charge >= 0.3 is 0 Å². The normalized spacial score (nSPS) is 17.0. The third kappa shape index (κ3) is 4.62. The summed E-state index contributed by atoms with van der Waals surface area (Å²) < 4.78 is 0. The Hall–Kier alpha value is -1.24. The summed E-state index contributed by atoms with van der Waals surface area (Å²) in [6, 6.07) is 5.36. The molecular formula is C14H18ClN3O2S. The molecule has 5 nitrogen and oxygen atoms in total. The van der Waals surface area contributed by atoms with Crippen molar-refractivity contribution in [3.05, 3.63) is 23.2 Å². The average Bonchev–Trinajstić information content (AvgIpc) is 2.45. The highest BCUT2D eigenvalue weighted by atomic mass is 35.5. The largest absolute Gasteiger partial charge is 0.356 e. The number of carbonyl (C=O) groups is 2. The molecule has 2 amide bonds. The van der Waals surface area contributed by atoms with Gasteiger partial charge in [0.15, 0.2) is 0 Å². The first kappa shape index (κ1) is 16.1.